The molecular weight excluding hydrogens is 336 g/mol. The molecule has 24 heavy (non-hydrogen) atoms. The van der Waals surface area contributed by atoms with Gasteiger partial charge in [0, 0.05) is 17.4 Å². The van der Waals surface area contributed by atoms with Crippen LogP contribution in [0.5, 0.6) is 0 Å². The Morgan fingerprint density at radius 2 is 2.12 bits per heavy atom. The predicted octanol–water partition coefficient (Wildman–Crippen LogP) is 3.77. The minimum Gasteiger partial charge on any atom is -0.351 e. The predicted molar refractivity (Wildman–Crippen MR) is 85.1 cm³/mol. The monoisotopic (exact) mass is 349 g/mol. The molecule has 1 N–H and O–H groups in total. The molecule has 2 heterocycles. The molecule has 5 nitrogen and oxygen atoms in total. The van der Waals surface area contributed by atoms with Gasteiger partial charge in [-0.2, -0.15) is 4.98 Å². The van der Waals surface area contributed by atoms with Crippen molar-refractivity contribution in [1.82, 2.24) is 15.5 Å². The highest BCUT2D eigenvalue weighted by Gasteiger charge is 2.16. The number of nitrogens with one attached hydrogen (secondary N) is 1. The Bertz CT molecular complexity index is 876. The van der Waals surface area contributed by atoms with Gasteiger partial charge in [-0.1, -0.05) is 12.1 Å². The first-order valence-corrected chi connectivity index (χ1v) is 8.03. The average Bonchev–Trinajstić information content (AvgIpc) is 3.21. The average molecular weight is 349 g/mol. The van der Waals surface area contributed by atoms with Gasteiger partial charge in [0.25, 0.3) is 5.89 Å². The molecule has 0 aliphatic heterocycles. The number of nitrogens with zero attached hydrogens (tertiary/aromatic N) is 2. The molecule has 2 aromatic heterocycles. The third-order valence-corrected chi connectivity index (χ3v) is 4.33. The van der Waals surface area contributed by atoms with Gasteiger partial charge in [0.15, 0.2) is 0 Å². The van der Waals surface area contributed by atoms with Crippen LogP contribution < -0.4 is 5.32 Å². The fourth-order valence-corrected chi connectivity index (χ4v) is 2.87. The molecule has 0 aliphatic rings. The number of aromatic nitrogens is 2. The summed E-state index contributed by atoms with van der Waals surface area (Å²) in [6.07, 6.45) is 0.426. The fraction of sp³-hybridized carbons (Fsp3) is 0.188. The standard InChI is InChI=1S/C16H13F2N3O2S/c1-2-14(22)19-8-10-4-6-13(24-10)15-20-16(23-21-15)11-5-3-9(17)7-12(11)18/h3-7H,2,8H2,1H3,(H,19,22). The molecule has 1 aromatic carbocycles. The lowest BCUT2D eigenvalue weighted by molar-refractivity contribution is -0.120. The van der Waals surface area contributed by atoms with Crippen LogP contribution >= 0.6 is 11.3 Å². The lowest BCUT2D eigenvalue weighted by atomic mass is 10.2. The maximum Gasteiger partial charge on any atom is 0.261 e. The molecule has 0 spiro atoms. The van der Waals surface area contributed by atoms with Crippen molar-refractivity contribution in [2.45, 2.75) is 19.9 Å². The van der Waals surface area contributed by atoms with Crippen molar-refractivity contribution in [2.24, 2.45) is 0 Å². The summed E-state index contributed by atoms with van der Waals surface area (Å²) in [5.41, 5.74) is 0.0436. The zero-order valence-corrected chi connectivity index (χ0v) is 13.5. The number of hydrogen-bond acceptors (Lipinski definition) is 5. The zero-order valence-electron chi connectivity index (χ0n) is 12.7. The van der Waals surface area contributed by atoms with Crippen LogP contribution in [-0.2, 0) is 11.3 Å². The molecule has 0 atom stereocenters. The molecular formula is C16H13F2N3O2S. The summed E-state index contributed by atoms with van der Waals surface area (Å²) in [6, 6.07) is 6.79. The Labute approximate surface area is 140 Å². The minimum atomic E-state index is -0.764. The largest absolute Gasteiger partial charge is 0.351 e. The van der Waals surface area contributed by atoms with Crippen molar-refractivity contribution < 1.29 is 18.1 Å². The molecule has 124 valence electrons. The molecule has 0 saturated heterocycles. The Morgan fingerprint density at radius 1 is 1.29 bits per heavy atom. The van der Waals surface area contributed by atoms with Gasteiger partial charge in [0.05, 0.1) is 17.0 Å². The smallest absolute Gasteiger partial charge is 0.261 e. The maximum absolute atomic E-state index is 13.8. The van der Waals surface area contributed by atoms with Gasteiger partial charge in [0.1, 0.15) is 11.6 Å². The van der Waals surface area contributed by atoms with Gasteiger partial charge < -0.3 is 9.84 Å². The van der Waals surface area contributed by atoms with E-state index >= 15 is 0 Å². The van der Waals surface area contributed by atoms with Crippen LogP contribution in [0.1, 0.15) is 18.2 Å². The lowest BCUT2D eigenvalue weighted by Gasteiger charge is -1.99. The number of hydrogen-bond donors (Lipinski definition) is 1. The van der Waals surface area contributed by atoms with Crippen LogP contribution in [0.25, 0.3) is 22.2 Å². The normalized spacial score (nSPS) is 10.8. The van der Waals surface area contributed by atoms with Gasteiger partial charge in [-0.15, -0.1) is 11.3 Å². The quantitative estimate of drug-likeness (QED) is 0.761. The van der Waals surface area contributed by atoms with Gasteiger partial charge in [-0.3, -0.25) is 4.79 Å². The molecule has 1 amide bonds. The van der Waals surface area contributed by atoms with Crippen molar-refractivity contribution in [1.29, 1.82) is 0 Å². The maximum atomic E-state index is 13.8. The van der Waals surface area contributed by atoms with Crippen molar-refractivity contribution in [3.63, 3.8) is 0 Å². The van der Waals surface area contributed by atoms with Crippen molar-refractivity contribution in [3.05, 3.63) is 46.8 Å². The molecule has 0 aliphatic carbocycles. The van der Waals surface area contributed by atoms with E-state index in [1.165, 1.54) is 17.4 Å². The van der Waals surface area contributed by atoms with E-state index in [4.69, 9.17) is 4.52 Å². The third kappa shape index (κ3) is 3.48. The zero-order chi connectivity index (χ0) is 17.1. The van der Waals surface area contributed by atoms with E-state index in [-0.39, 0.29) is 17.4 Å². The number of halogens is 2. The molecule has 0 radical (unpaired) electrons. The first kappa shape index (κ1) is 16.3. The van der Waals surface area contributed by atoms with Crippen molar-refractivity contribution in [2.75, 3.05) is 0 Å². The highest BCUT2D eigenvalue weighted by atomic mass is 32.1. The summed E-state index contributed by atoms with van der Waals surface area (Å²) in [6.45, 7) is 2.21. The molecule has 0 saturated carbocycles. The van der Waals surface area contributed by atoms with E-state index in [0.717, 1.165) is 21.9 Å². The van der Waals surface area contributed by atoms with Crippen molar-refractivity contribution in [3.8, 4) is 22.2 Å². The topological polar surface area (TPSA) is 68.0 Å². The van der Waals surface area contributed by atoms with Gasteiger partial charge >= 0.3 is 0 Å². The number of carbonyl (C=O) groups is 1. The van der Waals surface area contributed by atoms with Crippen LogP contribution in [0.2, 0.25) is 0 Å². The number of thiophene rings is 1. The van der Waals surface area contributed by atoms with Gasteiger partial charge in [0.2, 0.25) is 11.7 Å². The number of amides is 1. The molecule has 8 heteroatoms. The van der Waals surface area contributed by atoms with Crippen LogP contribution in [0, 0.1) is 11.6 Å². The van der Waals surface area contributed by atoms with E-state index in [9.17, 15) is 13.6 Å². The highest BCUT2D eigenvalue weighted by Crippen LogP contribution is 2.29. The van der Waals surface area contributed by atoms with Crippen LogP contribution in [0.4, 0.5) is 8.78 Å². The SMILES string of the molecule is CCC(=O)NCc1ccc(-c2noc(-c3ccc(F)cc3F)n2)s1. The second kappa shape index (κ2) is 6.88. The van der Waals surface area contributed by atoms with E-state index in [1.807, 2.05) is 6.07 Å². The fourth-order valence-electron chi connectivity index (χ4n) is 2.00. The lowest BCUT2D eigenvalue weighted by Crippen LogP contribution is -2.20. The summed E-state index contributed by atoms with van der Waals surface area (Å²) >= 11 is 1.40. The van der Waals surface area contributed by atoms with Crippen LogP contribution in [0.3, 0.4) is 0 Å². The van der Waals surface area contributed by atoms with E-state index < -0.39 is 11.6 Å². The third-order valence-electron chi connectivity index (χ3n) is 3.25. The number of benzene rings is 1. The summed E-state index contributed by atoms with van der Waals surface area (Å²) in [5.74, 6) is -1.17. The molecule has 0 fully saturated rings. The van der Waals surface area contributed by atoms with E-state index in [0.29, 0.717) is 18.8 Å². The Hall–Kier alpha value is -2.61. The Morgan fingerprint density at radius 3 is 2.88 bits per heavy atom. The summed E-state index contributed by atoms with van der Waals surface area (Å²) < 4.78 is 31.8. The number of carbonyl (C=O) groups excluding carboxylic acids is 1. The summed E-state index contributed by atoms with van der Waals surface area (Å²) in [5, 5.41) is 6.61. The molecule has 0 bridgehead atoms. The molecule has 3 rings (SSSR count). The first-order valence-electron chi connectivity index (χ1n) is 7.21. The Balaban J connectivity index is 1.78. The first-order chi connectivity index (χ1) is 11.6. The minimum absolute atomic E-state index is 0.0169. The number of rotatable bonds is 5. The molecule has 0 unspecified atom stereocenters. The van der Waals surface area contributed by atoms with Crippen molar-refractivity contribution >= 4 is 17.2 Å². The van der Waals surface area contributed by atoms with Gasteiger partial charge in [-0.25, -0.2) is 8.78 Å². The second-order valence-corrected chi connectivity index (χ2v) is 6.11. The van der Waals surface area contributed by atoms with Crippen LogP contribution in [0.15, 0.2) is 34.9 Å². The highest BCUT2D eigenvalue weighted by molar-refractivity contribution is 7.15. The Kier molecular flexibility index (Phi) is 4.66. The summed E-state index contributed by atoms with van der Waals surface area (Å²) in [4.78, 5) is 17.1. The van der Waals surface area contributed by atoms with E-state index in [2.05, 4.69) is 15.5 Å². The summed E-state index contributed by atoms with van der Waals surface area (Å²) in [7, 11) is 0. The van der Waals surface area contributed by atoms with E-state index in [1.54, 1.807) is 13.0 Å². The van der Waals surface area contributed by atoms with Crippen LogP contribution in [-0.4, -0.2) is 16.0 Å². The molecule has 3 aromatic rings. The van der Waals surface area contributed by atoms with Gasteiger partial charge in [-0.05, 0) is 24.3 Å². The second-order valence-electron chi connectivity index (χ2n) is 4.94.